The number of anilines is 2. The van der Waals surface area contributed by atoms with Gasteiger partial charge in [0.25, 0.3) is 0 Å². The quantitative estimate of drug-likeness (QED) is 0.0847. The Balaban J connectivity index is 1.15. The van der Waals surface area contributed by atoms with Gasteiger partial charge in [-0.25, -0.2) is 0 Å². The van der Waals surface area contributed by atoms with Gasteiger partial charge in [-0.3, -0.25) is 4.90 Å². The molecule has 0 radical (unpaired) electrons. The van der Waals surface area contributed by atoms with Crippen LogP contribution < -0.4 is 14.7 Å². The molecule has 5 aromatic rings. The number of fused-ring (bicyclic) bond motifs is 4. The van der Waals surface area contributed by atoms with Crippen molar-refractivity contribution in [1.29, 1.82) is 0 Å². The van der Waals surface area contributed by atoms with Crippen molar-refractivity contribution in [3.05, 3.63) is 144 Å². The molecule has 0 saturated carbocycles. The second kappa shape index (κ2) is 16.7. The minimum absolute atomic E-state index is 0.0174. The van der Waals surface area contributed by atoms with Gasteiger partial charge in [0.05, 0.1) is 17.4 Å². The molecule has 0 bridgehead atoms. The van der Waals surface area contributed by atoms with Crippen molar-refractivity contribution in [2.45, 2.75) is 85.1 Å². The predicted molar refractivity (Wildman–Crippen MR) is 243 cm³/mol. The van der Waals surface area contributed by atoms with E-state index < -0.39 is 0 Å². The van der Waals surface area contributed by atoms with Gasteiger partial charge < -0.3 is 9.80 Å². The average Bonchev–Trinajstić information content (AvgIpc) is 3.57. The van der Waals surface area contributed by atoms with Crippen molar-refractivity contribution in [1.82, 2.24) is 0 Å². The molecule has 5 aromatic carbocycles. The number of unbranched alkanes of at least 4 members (excludes halogenated alkanes) is 1. The van der Waals surface area contributed by atoms with E-state index >= 15 is 0 Å². The van der Waals surface area contributed by atoms with E-state index in [1.165, 1.54) is 61.5 Å². The fourth-order valence-electron chi connectivity index (χ4n) is 9.76. The number of para-hydroxylation sites is 1. The lowest BCUT2D eigenvalue weighted by Gasteiger charge is -2.28. The summed E-state index contributed by atoms with van der Waals surface area (Å²) in [4.78, 5) is 6.40. The number of nitrogens with one attached hydrogen (secondary N) is 1. The number of hydrogen-bond donors (Lipinski definition) is 1. The Morgan fingerprint density at radius 3 is 1.86 bits per heavy atom. The van der Waals surface area contributed by atoms with Crippen molar-refractivity contribution in [3.63, 3.8) is 0 Å². The molecule has 0 fully saturated rings. The number of hydrogen-bond acceptors (Lipinski definition) is 2. The van der Waals surface area contributed by atoms with Gasteiger partial charge in [-0.1, -0.05) is 72.8 Å². The SMILES string of the molecule is CCN(CC)c1ccc(/C=C/C2=[N+](CCCC[NH+]3c4ccc5ccccc5c4C(C)(C)C3/C=C/c3ccc(N(CC)CC)cc3)c3ccccc3C2(C)C)cc1. The van der Waals surface area contributed by atoms with Gasteiger partial charge in [0, 0.05) is 79.7 Å². The summed E-state index contributed by atoms with van der Waals surface area (Å²) in [5.74, 6) is 0. The van der Waals surface area contributed by atoms with Crippen LogP contribution >= 0.6 is 0 Å². The highest BCUT2D eigenvalue weighted by Gasteiger charge is 2.49. The molecule has 7 rings (SSSR count). The normalized spacial score (nSPS) is 18.3. The Morgan fingerprint density at radius 1 is 0.625 bits per heavy atom. The number of quaternary nitrogens is 1. The van der Waals surface area contributed by atoms with Crippen molar-refractivity contribution < 1.29 is 9.48 Å². The monoisotopic (exact) mass is 745 g/mol. The lowest BCUT2D eigenvalue weighted by atomic mass is 9.78. The molecule has 0 aromatic heterocycles. The molecule has 2 aliphatic heterocycles. The van der Waals surface area contributed by atoms with Gasteiger partial charge >= 0.3 is 0 Å². The lowest BCUT2D eigenvalue weighted by molar-refractivity contribution is -0.850. The lowest BCUT2D eigenvalue weighted by Crippen LogP contribution is -3.10. The van der Waals surface area contributed by atoms with Crippen molar-refractivity contribution in [3.8, 4) is 0 Å². The van der Waals surface area contributed by atoms with Crippen LogP contribution in [0.4, 0.5) is 22.7 Å². The third kappa shape index (κ3) is 7.49. The topological polar surface area (TPSA) is 13.9 Å². The molecule has 1 N–H and O–H groups in total. The molecule has 0 aliphatic carbocycles. The van der Waals surface area contributed by atoms with Crippen LogP contribution in [0.25, 0.3) is 22.9 Å². The Labute approximate surface area is 337 Å². The second-order valence-electron chi connectivity index (χ2n) is 16.8. The van der Waals surface area contributed by atoms with Gasteiger partial charge in [-0.05, 0) is 120 Å². The molecule has 56 heavy (non-hydrogen) atoms. The van der Waals surface area contributed by atoms with Gasteiger partial charge in [0.1, 0.15) is 18.3 Å². The van der Waals surface area contributed by atoms with Crippen molar-refractivity contribution in [2.75, 3.05) is 49.1 Å². The Morgan fingerprint density at radius 2 is 1.21 bits per heavy atom. The van der Waals surface area contributed by atoms with Gasteiger partial charge in [-0.2, -0.15) is 4.58 Å². The summed E-state index contributed by atoms with van der Waals surface area (Å²) in [5, 5.41) is 2.73. The first-order chi connectivity index (χ1) is 27.1. The highest BCUT2D eigenvalue weighted by molar-refractivity contribution is 6.05. The van der Waals surface area contributed by atoms with Gasteiger partial charge in [-0.15, -0.1) is 0 Å². The van der Waals surface area contributed by atoms with Crippen LogP contribution in [0.3, 0.4) is 0 Å². The molecule has 2 heterocycles. The molecule has 4 nitrogen and oxygen atoms in total. The Hall–Kier alpha value is -4.93. The minimum atomic E-state index is -0.0715. The van der Waals surface area contributed by atoms with Crippen LogP contribution in [-0.4, -0.2) is 55.6 Å². The second-order valence-corrected chi connectivity index (χ2v) is 16.8. The van der Waals surface area contributed by atoms with Crippen LogP contribution in [0, 0.1) is 0 Å². The molecular weight excluding hydrogens is 681 g/mol. The fraction of sp³-hybridized carbons (Fsp3) is 0.365. The fourth-order valence-corrected chi connectivity index (χ4v) is 9.76. The molecule has 290 valence electrons. The maximum Gasteiger partial charge on any atom is 0.209 e. The smallest absolute Gasteiger partial charge is 0.209 e. The van der Waals surface area contributed by atoms with E-state index in [2.05, 4.69) is 203 Å². The van der Waals surface area contributed by atoms with E-state index in [0.717, 1.165) is 52.1 Å². The first-order valence-electron chi connectivity index (χ1n) is 21.3. The van der Waals surface area contributed by atoms with E-state index in [9.17, 15) is 0 Å². The zero-order valence-corrected chi connectivity index (χ0v) is 35.3. The summed E-state index contributed by atoms with van der Waals surface area (Å²) in [7, 11) is 0. The number of nitrogens with zero attached hydrogens (tertiary/aromatic N) is 3. The van der Waals surface area contributed by atoms with Crippen molar-refractivity contribution in [2.24, 2.45) is 0 Å². The maximum atomic E-state index is 2.61. The molecule has 0 saturated heterocycles. The van der Waals surface area contributed by atoms with Crippen LogP contribution in [0.2, 0.25) is 0 Å². The Bertz CT molecular complexity index is 2210. The summed E-state index contributed by atoms with van der Waals surface area (Å²) in [6, 6.07) is 41.3. The summed E-state index contributed by atoms with van der Waals surface area (Å²) >= 11 is 0. The minimum Gasteiger partial charge on any atom is -0.372 e. The highest BCUT2D eigenvalue weighted by Crippen LogP contribution is 2.42. The number of benzene rings is 5. The molecule has 2 unspecified atom stereocenters. The highest BCUT2D eigenvalue weighted by atomic mass is 15.2. The molecule has 0 amide bonds. The van der Waals surface area contributed by atoms with Crippen LogP contribution in [0.1, 0.15) is 90.5 Å². The molecule has 2 aliphatic rings. The molecule has 0 spiro atoms. The Kier molecular flexibility index (Phi) is 11.7. The summed E-state index contributed by atoms with van der Waals surface area (Å²) in [6.45, 7) is 24.8. The van der Waals surface area contributed by atoms with Crippen LogP contribution in [-0.2, 0) is 10.8 Å². The third-order valence-corrected chi connectivity index (χ3v) is 12.9. The summed E-state index contributed by atoms with van der Waals surface area (Å²) in [6.07, 6.45) is 11.9. The van der Waals surface area contributed by atoms with Gasteiger partial charge in [0.2, 0.25) is 5.69 Å². The van der Waals surface area contributed by atoms with E-state index in [1.807, 2.05) is 0 Å². The maximum absolute atomic E-state index is 2.61. The average molecular weight is 745 g/mol. The molecule has 2 atom stereocenters. The molecular formula is C52H64N4+2. The first kappa shape index (κ1) is 39.3. The van der Waals surface area contributed by atoms with E-state index in [4.69, 9.17) is 0 Å². The standard InChI is InChI=1S/C52H63N4/c1-9-53(10-2)42-30-23-39(24-31-42)27-35-48-51(5,6)45-21-15-16-22-46(45)55(48)37-17-18-38-56-47-34-29-41-19-13-14-20-44(41)50(47)52(7,8)49(56)36-28-40-25-32-43(33-26-40)54(11-3)12-4/h13-16,19-36,49H,9-12,17-18,37-38H2,1-8H3/q+1/p+1/b36-28+. The largest absolute Gasteiger partial charge is 0.372 e. The summed E-state index contributed by atoms with van der Waals surface area (Å²) < 4.78 is 2.61. The zero-order chi connectivity index (χ0) is 39.5. The van der Waals surface area contributed by atoms with E-state index in [0.29, 0.717) is 6.04 Å². The first-order valence-corrected chi connectivity index (χ1v) is 21.3. The van der Waals surface area contributed by atoms with Crippen LogP contribution in [0.15, 0.2) is 121 Å². The van der Waals surface area contributed by atoms with Crippen LogP contribution in [0.5, 0.6) is 0 Å². The van der Waals surface area contributed by atoms with E-state index in [-0.39, 0.29) is 10.8 Å². The molecule has 4 heteroatoms. The zero-order valence-electron chi connectivity index (χ0n) is 35.3. The third-order valence-electron chi connectivity index (χ3n) is 12.9. The number of rotatable bonds is 15. The van der Waals surface area contributed by atoms with Crippen molar-refractivity contribution >= 4 is 51.4 Å². The number of allylic oxidation sites excluding steroid dienone is 1. The van der Waals surface area contributed by atoms with Gasteiger partial charge in [0.15, 0.2) is 5.71 Å². The summed E-state index contributed by atoms with van der Waals surface area (Å²) in [5.41, 5.74) is 12.1. The predicted octanol–water partition coefficient (Wildman–Crippen LogP) is 11.0. The van der Waals surface area contributed by atoms with E-state index in [1.54, 1.807) is 4.90 Å².